The fourth-order valence-corrected chi connectivity index (χ4v) is 6.09. The third-order valence-corrected chi connectivity index (χ3v) is 7.90. The Balaban J connectivity index is 1.58. The van der Waals surface area contributed by atoms with Crippen LogP contribution in [0, 0.1) is 13.8 Å². The van der Waals surface area contributed by atoms with E-state index >= 15 is 0 Å². The summed E-state index contributed by atoms with van der Waals surface area (Å²) in [5, 5.41) is 7.04. The number of aryl methyl sites for hydroxylation is 1. The molecule has 0 spiro atoms. The third-order valence-electron chi connectivity index (χ3n) is 7.59. The van der Waals surface area contributed by atoms with E-state index in [0.29, 0.717) is 5.11 Å². The Hall–Kier alpha value is -4.17. The van der Waals surface area contributed by atoms with Gasteiger partial charge in [0, 0.05) is 60.3 Å². The Labute approximate surface area is 241 Å². The van der Waals surface area contributed by atoms with E-state index in [0.717, 1.165) is 47.2 Å². The van der Waals surface area contributed by atoms with E-state index in [1.165, 1.54) is 18.2 Å². The van der Waals surface area contributed by atoms with Crippen molar-refractivity contribution in [1.82, 2.24) is 14.9 Å². The second kappa shape index (κ2) is 11.5. The van der Waals surface area contributed by atoms with Crippen molar-refractivity contribution in [3.8, 4) is 5.69 Å². The molecule has 40 heavy (non-hydrogen) atoms. The fourth-order valence-electron chi connectivity index (χ4n) is 5.74. The summed E-state index contributed by atoms with van der Waals surface area (Å²) in [7, 11) is 0. The third kappa shape index (κ3) is 5.19. The Morgan fingerprint density at radius 3 is 2.27 bits per heavy atom. The van der Waals surface area contributed by atoms with E-state index < -0.39 is 0 Å². The summed E-state index contributed by atoms with van der Waals surface area (Å²) in [6.45, 7) is 12.2. The maximum absolute atomic E-state index is 11.6. The first-order valence-electron chi connectivity index (χ1n) is 13.7. The number of anilines is 3. The first kappa shape index (κ1) is 27.4. The minimum absolute atomic E-state index is 0.100. The second-order valence-electron chi connectivity index (χ2n) is 10.1. The van der Waals surface area contributed by atoms with Crippen LogP contribution in [0.4, 0.5) is 17.1 Å². The maximum Gasteiger partial charge on any atom is 0.221 e. The van der Waals surface area contributed by atoms with E-state index in [1.807, 2.05) is 48.7 Å². The summed E-state index contributed by atoms with van der Waals surface area (Å²) in [6.07, 6.45) is 1.82. The molecule has 206 valence electrons. The number of rotatable bonds is 8. The molecule has 0 unspecified atom stereocenters. The average Bonchev–Trinajstić information content (AvgIpc) is 3.45. The van der Waals surface area contributed by atoms with Crippen LogP contribution in [0.15, 0.2) is 79.0 Å². The molecular weight excluding hydrogens is 516 g/mol. The Bertz CT molecular complexity index is 1490. The molecule has 0 aliphatic carbocycles. The molecule has 0 saturated carbocycles. The zero-order valence-electron chi connectivity index (χ0n) is 23.7. The van der Waals surface area contributed by atoms with Crippen LogP contribution in [-0.4, -0.2) is 33.7 Å². The lowest BCUT2D eigenvalue weighted by Gasteiger charge is -2.28. The van der Waals surface area contributed by atoms with Gasteiger partial charge in [0.1, 0.15) is 0 Å². The van der Waals surface area contributed by atoms with Gasteiger partial charge in [-0.1, -0.05) is 6.07 Å². The Morgan fingerprint density at radius 1 is 1.00 bits per heavy atom. The van der Waals surface area contributed by atoms with Gasteiger partial charge in [-0.3, -0.25) is 9.78 Å². The summed E-state index contributed by atoms with van der Waals surface area (Å²) in [4.78, 5) is 20.8. The molecule has 2 N–H and O–H groups in total. The zero-order valence-corrected chi connectivity index (χ0v) is 24.5. The summed E-state index contributed by atoms with van der Waals surface area (Å²) in [5.74, 6) is -0.100. The smallest absolute Gasteiger partial charge is 0.221 e. The minimum Gasteiger partial charge on any atom is -0.372 e. The van der Waals surface area contributed by atoms with Gasteiger partial charge in [-0.25, -0.2) is 0 Å². The number of carbonyl (C=O) groups excluding carboxylic acids is 1. The first-order chi connectivity index (χ1) is 19.3. The SMILES string of the molecule is CCN(CC)c1ccc(-n2c(C)cc([C@H]3[C@@H](c4ccccn4)NC(=S)N3c3ccc(NC(C)=O)cc3)c2C)cc1. The van der Waals surface area contributed by atoms with Crippen LogP contribution < -0.4 is 20.4 Å². The van der Waals surface area contributed by atoms with Gasteiger partial charge in [-0.05, 0) is 112 Å². The molecule has 5 rings (SSSR count). The van der Waals surface area contributed by atoms with Gasteiger partial charge < -0.3 is 25.0 Å². The number of benzene rings is 2. The maximum atomic E-state index is 11.6. The van der Waals surface area contributed by atoms with Crippen molar-refractivity contribution in [3.05, 3.63) is 102 Å². The van der Waals surface area contributed by atoms with Gasteiger partial charge in [0.15, 0.2) is 5.11 Å². The average molecular weight is 553 g/mol. The number of carbonyl (C=O) groups is 1. The molecule has 1 fully saturated rings. The highest BCUT2D eigenvalue weighted by Crippen LogP contribution is 2.44. The van der Waals surface area contributed by atoms with Crippen LogP contribution in [-0.2, 0) is 4.79 Å². The summed E-state index contributed by atoms with van der Waals surface area (Å²) >= 11 is 5.92. The second-order valence-corrected chi connectivity index (χ2v) is 10.5. The highest BCUT2D eigenvalue weighted by molar-refractivity contribution is 7.80. The van der Waals surface area contributed by atoms with Crippen molar-refractivity contribution in [1.29, 1.82) is 0 Å². The normalized spacial score (nSPS) is 16.6. The number of amides is 1. The minimum atomic E-state index is -0.136. The first-order valence-corrected chi connectivity index (χ1v) is 14.2. The van der Waals surface area contributed by atoms with Crippen LogP contribution in [0.3, 0.4) is 0 Å². The van der Waals surface area contributed by atoms with Gasteiger partial charge in [-0.2, -0.15) is 0 Å². The number of nitrogens with one attached hydrogen (secondary N) is 2. The lowest BCUT2D eigenvalue weighted by molar-refractivity contribution is -0.114. The number of thiocarbonyl (C=S) groups is 1. The molecule has 2 aromatic heterocycles. The molecule has 2 atom stereocenters. The molecule has 1 aliphatic heterocycles. The predicted molar refractivity (Wildman–Crippen MR) is 167 cm³/mol. The monoisotopic (exact) mass is 552 g/mol. The number of aromatic nitrogens is 2. The van der Waals surface area contributed by atoms with Crippen molar-refractivity contribution in [2.24, 2.45) is 0 Å². The fraction of sp³-hybridized carbons (Fsp3) is 0.281. The molecule has 3 heterocycles. The number of hydrogen-bond acceptors (Lipinski definition) is 4. The number of nitrogens with zero attached hydrogens (tertiary/aromatic N) is 4. The predicted octanol–water partition coefficient (Wildman–Crippen LogP) is 6.47. The highest BCUT2D eigenvalue weighted by Gasteiger charge is 2.42. The summed E-state index contributed by atoms with van der Waals surface area (Å²) in [5.41, 5.74) is 8.48. The van der Waals surface area contributed by atoms with Crippen molar-refractivity contribution < 1.29 is 4.79 Å². The van der Waals surface area contributed by atoms with Gasteiger partial charge >= 0.3 is 0 Å². The van der Waals surface area contributed by atoms with Crippen molar-refractivity contribution in [2.75, 3.05) is 28.2 Å². The molecule has 1 aliphatic rings. The summed E-state index contributed by atoms with van der Waals surface area (Å²) < 4.78 is 2.32. The van der Waals surface area contributed by atoms with Crippen molar-refractivity contribution in [2.45, 2.75) is 46.7 Å². The largest absolute Gasteiger partial charge is 0.372 e. The van der Waals surface area contributed by atoms with E-state index in [4.69, 9.17) is 17.2 Å². The van der Waals surface area contributed by atoms with Crippen LogP contribution in [0.2, 0.25) is 0 Å². The molecule has 1 saturated heterocycles. The van der Waals surface area contributed by atoms with E-state index in [1.54, 1.807) is 0 Å². The lowest BCUT2D eigenvalue weighted by atomic mass is 9.96. The topological polar surface area (TPSA) is 65.4 Å². The van der Waals surface area contributed by atoms with Crippen LogP contribution in [0.1, 0.15) is 55.5 Å². The molecule has 4 aromatic rings. The molecule has 0 radical (unpaired) electrons. The van der Waals surface area contributed by atoms with Crippen molar-refractivity contribution in [3.63, 3.8) is 0 Å². The van der Waals surface area contributed by atoms with Crippen LogP contribution in [0.25, 0.3) is 5.69 Å². The highest BCUT2D eigenvalue weighted by atomic mass is 32.1. The van der Waals surface area contributed by atoms with Gasteiger partial charge in [0.25, 0.3) is 0 Å². The van der Waals surface area contributed by atoms with E-state index in [-0.39, 0.29) is 18.0 Å². The molecule has 2 aromatic carbocycles. The standard InChI is InChI=1S/C32H36N6OS/c1-6-36(7-2)25-15-17-26(18-16-25)37-21(3)20-28(22(37)4)31-30(29-10-8-9-19-33-29)35-32(40)38(31)27-13-11-24(12-14-27)34-23(5)39/h8-20,30-31H,6-7H2,1-5H3,(H,34,39)(H,35,40)/t30-,31+/m1/s1. The lowest BCUT2D eigenvalue weighted by Crippen LogP contribution is -2.29. The van der Waals surface area contributed by atoms with Gasteiger partial charge in [0.2, 0.25) is 5.91 Å². The molecule has 7 nitrogen and oxygen atoms in total. The number of hydrogen-bond donors (Lipinski definition) is 2. The Morgan fingerprint density at radius 2 is 1.68 bits per heavy atom. The van der Waals surface area contributed by atoms with Gasteiger partial charge in [0.05, 0.1) is 17.8 Å². The summed E-state index contributed by atoms with van der Waals surface area (Å²) in [6, 6.07) is 24.6. The molecule has 1 amide bonds. The van der Waals surface area contributed by atoms with E-state index in [2.05, 4.69) is 83.0 Å². The quantitative estimate of drug-likeness (QED) is 0.244. The van der Waals surface area contributed by atoms with Crippen LogP contribution in [0.5, 0.6) is 0 Å². The van der Waals surface area contributed by atoms with Crippen LogP contribution >= 0.6 is 12.2 Å². The Kier molecular flexibility index (Phi) is 7.89. The molecular formula is C32H36N6OS. The molecule has 0 bridgehead atoms. The number of pyridine rings is 1. The van der Waals surface area contributed by atoms with E-state index in [9.17, 15) is 4.79 Å². The van der Waals surface area contributed by atoms with Gasteiger partial charge in [-0.15, -0.1) is 0 Å². The zero-order chi connectivity index (χ0) is 28.4. The van der Waals surface area contributed by atoms with Crippen molar-refractivity contribution >= 4 is 40.3 Å². The molecule has 8 heteroatoms.